The molecule has 0 bridgehead atoms. The summed E-state index contributed by atoms with van der Waals surface area (Å²) in [6, 6.07) is 1.58. The molecule has 16 heavy (non-hydrogen) atoms. The molecule has 3 N–H and O–H groups in total. The third-order valence-electron chi connectivity index (χ3n) is 2.40. The number of rotatable bonds is 3. The Kier molecular flexibility index (Phi) is 3.19. The first-order chi connectivity index (χ1) is 7.74. The Bertz CT molecular complexity index is 482. The first-order valence-electron chi connectivity index (χ1n) is 4.76. The third kappa shape index (κ3) is 1.92. The molecule has 2 rings (SSSR count). The van der Waals surface area contributed by atoms with Gasteiger partial charge in [-0.1, -0.05) is 11.6 Å². The quantitative estimate of drug-likeness (QED) is 0.618. The monoisotopic (exact) mass is 237 g/mol. The fourth-order valence-electron chi connectivity index (χ4n) is 1.58. The SMILES string of the molecule is Cn1ccnc1C(NN)c1ccncc1Cl. The smallest absolute Gasteiger partial charge is 0.131 e. The zero-order valence-corrected chi connectivity index (χ0v) is 9.52. The number of nitrogens with one attached hydrogen (secondary N) is 1. The van der Waals surface area contributed by atoms with Crippen molar-refractivity contribution in [3.8, 4) is 0 Å². The van der Waals surface area contributed by atoms with Gasteiger partial charge in [-0.25, -0.2) is 10.4 Å². The summed E-state index contributed by atoms with van der Waals surface area (Å²) in [6.45, 7) is 0. The number of nitrogens with two attached hydrogens (primary N) is 1. The van der Waals surface area contributed by atoms with Crippen LogP contribution in [0.25, 0.3) is 0 Å². The molecule has 6 heteroatoms. The van der Waals surface area contributed by atoms with Gasteiger partial charge in [-0.2, -0.15) is 0 Å². The van der Waals surface area contributed by atoms with E-state index in [1.807, 2.05) is 23.9 Å². The van der Waals surface area contributed by atoms with Crippen LogP contribution in [-0.2, 0) is 7.05 Å². The summed E-state index contributed by atoms with van der Waals surface area (Å²) >= 11 is 6.07. The van der Waals surface area contributed by atoms with Crippen LogP contribution in [0.3, 0.4) is 0 Å². The highest BCUT2D eigenvalue weighted by atomic mass is 35.5. The molecule has 0 aromatic carbocycles. The standard InChI is InChI=1S/C10H12ClN5/c1-16-5-4-14-10(16)9(15-12)7-2-3-13-6-8(7)11/h2-6,9,15H,12H2,1H3. The van der Waals surface area contributed by atoms with E-state index in [4.69, 9.17) is 17.4 Å². The Balaban J connectivity index is 2.45. The van der Waals surface area contributed by atoms with Crippen LogP contribution in [-0.4, -0.2) is 14.5 Å². The highest BCUT2D eigenvalue weighted by Crippen LogP contribution is 2.25. The van der Waals surface area contributed by atoms with Gasteiger partial charge in [0, 0.05) is 31.8 Å². The van der Waals surface area contributed by atoms with E-state index < -0.39 is 0 Å². The molecule has 0 saturated carbocycles. The summed E-state index contributed by atoms with van der Waals surface area (Å²) < 4.78 is 1.89. The van der Waals surface area contributed by atoms with Gasteiger partial charge in [0.25, 0.3) is 0 Å². The second kappa shape index (κ2) is 4.61. The lowest BCUT2D eigenvalue weighted by atomic mass is 10.1. The molecule has 0 spiro atoms. The van der Waals surface area contributed by atoms with Gasteiger partial charge >= 0.3 is 0 Å². The lowest BCUT2D eigenvalue weighted by Crippen LogP contribution is -2.31. The number of hydrogen-bond donors (Lipinski definition) is 2. The van der Waals surface area contributed by atoms with E-state index in [9.17, 15) is 0 Å². The zero-order valence-electron chi connectivity index (χ0n) is 8.76. The van der Waals surface area contributed by atoms with Crippen molar-refractivity contribution in [1.82, 2.24) is 20.0 Å². The Hall–Kier alpha value is -1.43. The summed E-state index contributed by atoms with van der Waals surface area (Å²) in [7, 11) is 1.90. The van der Waals surface area contributed by atoms with Gasteiger partial charge in [0.1, 0.15) is 11.9 Å². The molecule has 0 saturated heterocycles. The highest BCUT2D eigenvalue weighted by molar-refractivity contribution is 6.31. The maximum absolute atomic E-state index is 6.07. The van der Waals surface area contributed by atoms with Gasteiger partial charge in [0.2, 0.25) is 0 Å². The average molecular weight is 238 g/mol. The van der Waals surface area contributed by atoms with Crippen LogP contribution in [0.15, 0.2) is 30.9 Å². The van der Waals surface area contributed by atoms with Gasteiger partial charge in [-0.3, -0.25) is 10.8 Å². The lowest BCUT2D eigenvalue weighted by molar-refractivity contribution is 0.579. The fraction of sp³-hybridized carbons (Fsp3) is 0.200. The van der Waals surface area contributed by atoms with Gasteiger partial charge in [0.05, 0.1) is 5.02 Å². The molecular formula is C10H12ClN5. The van der Waals surface area contributed by atoms with Crippen molar-refractivity contribution >= 4 is 11.6 Å². The fourth-order valence-corrected chi connectivity index (χ4v) is 1.81. The Morgan fingerprint density at radius 1 is 1.50 bits per heavy atom. The first-order valence-corrected chi connectivity index (χ1v) is 5.14. The summed E-state index contributed by atoms with van der Waals surface area (Å²) in [5.41, 5.74) is 3.56. The molecule has 1 unspecified atom stereocenters. The maximum atomic E-state index is 6.07. The van der Waals surface area contributed by atoms with Gasteiger partial charge in [-0.15, -0.1) is 0 Å². The van der Waals surface area contributed by atoms with E-state index in [0.717, 1.165) is 11.4 Å². The van der Waals surface area contributed by atoms with E-state index in [1.54, 1.807) is 18.6 Å². The molecule has 2 aromatic heterocycles. The molecule has 0 aliphatic carbocycles. The second-order valence-electron chi connectivity index (χ2n) is 3.39. The number of pyridine rings is 1. The van der Waals surface area contributed by atoms with Crippen molar-refractivity contribution in [3.63, 3.8) is 0 Å². The van der Waals surface area contributed by atoms with Crippen LogP contribution in [0.5, 0.6) is 0 Å². The predicted molar refractivity (Wildman–Crippen MR) is 61.6 cm³/mol. The van der Waals surface area contributed by atoms with E-state index in [1.165, 1.54) is 0 Å². The normalized spacial score (nSPS) is 12.7. The van der Waals surface area contributed by atoms with Gasteiger partial charge in [-0.05, 0) is 11.6 Å². The van der Waals surface area contributed by atoms with Crippen molar-refractivity contribution in [2.75, 3.05) is 0 Å². The predicted octanol–water partition coefficient (Wildman–Crippen LogP) is 1.02. The number of imidazole rings is 1. The summed E-state index contributed by atoms with van der Waals surface area (Å²) in [6.07, 6.45) is 6.84. The van der Waals surface area contributed by atoms with E-state index in [0.29, 0.717) is 5.02 Å². The second-order valence-corrected chi connectivity index (χ2v) is 3.80. The number of aryl methyl sites for hydroxylation is 1. The Labute approximate surface area is 98.2 Å². The van der Waals surface area contributed by atoms with Crippen molar-refractivity contribution in [2.24, 2.45) is 12.9 Å². The minimum absolute atomic E-state index is 0.240. The molecule has 0 fully saturated rings. The van der Waals surface area contributed by atoms with Crippen molar-refractivity contribution in [2.45, 2.75) is 6.04 Å². The van der Waals surface area contributed by atoms with E-state index >= 15 is 0 Å². The number of nitrogens with zero attached hydrogens (tertiary/aromatic N) is 3. The van der Waals surface area contributed by atoms with Crippen LogP contribution in [0.1, 0.15) is 17.4 Å². The third-order valence-corrected chi connectivity index (χ3v) is 2.71. The molecule has 84 valence electrons. The molecule has 1 atom stereocenters. The molecule has 5 nitrogen and oxygen atoms in total. The lowest BCUT2D eigenvalue weighted by Gasteiger charge is -2.16. The largest absolute Gasteiger partial charge is 0.336 e. The average Bonchev–Trinajstić information content (AvgIpc) is 2.69. The molecule has 2 aromatic rings. The van der Waals surface area contributed by atoms with Crippen molar-refractivity contribution in [3.05, 3.63) is 47.3 Å². The topological polar surface area (TPSA) is 68.8 Å². The molecule has 0 aliphatic heterocycles. The first kappa shape index (κ1) is 11.1. The van der Waals surface area contributed by atoms with Crippen LogP contribution in [0.4, 0.5) is 0 Å². The van der Waals surface area contributed by atoms with E-state index in [2.05, 4.69) is 15.4 Å². The Morgan fingerprint density at radius 3 is 2.88 bits per heavy atom. The zero-order chi connectivity index (χ0) is 11.5. The van der Waals surface area contributed by atoms with Crippen LogP contribution in [0, 0.1) is 0 Å². The summed E-state index contributed by atoms with van der Waals surface area (Å²) in [4.78, 5) is 8.18. The number of halogens is 1. The maximum Gasteiger partial charge on any atom is 0.131 e. The molecular weight excluding hydrogens is 226 g/mol. The van der Waals surface area contributed by atoms with Crippen LogP contribution in [0.2, 0.25) is 5.02 Å². The van der Waals surface area contributed by atoms with E-state index in [-0.39, 0.29) is 6.04 Å². The van der Waals surface area contributed by atoms with Gasteiger partial charge < -0.3 is 4.57 Å². The molecule has 2 heterocycles. The molecule has 0 amide bonds. The van der Waals surface area contributed by atoms with Crippen molar-refractivity contribution in [1.29, 1.82) is 0 Å². The van der Waals surface area contributed by atoms with Crippen LogP contribution < -0.4 is 11.3 Å². The Morgan fingerprint density at radius 2 is 2.31 bits per heavy atom. The number of hydrazine groups is 1. The summed E-state index contributed by atoms with van der Waals surface area (Å²) in [5, 5.41) is 0.563. The molecule has 0 radical (unpaired) electrons. The van der Waals surface area contributed by atoms with Crippen LogP contribution >= 0.6 is 11.6 Å². The van der Waals surface area contributed by atoms with Gasteiger partial charge in [0.15, 0.2) is 0 Å². The summed E-state index contributed by atoms with van der Waals surface area (Å²) in [5.74, 6) is 6.35. The number of hydrogen-bond acceptors (Lipinski definition) is 4. The number of aromatic nitrogens is 3. The highest BCUT2D eigenvalue weighted by Gasteiger charge is 2.18. The minimum atomic E-state index is -0.240. The van der Waals surface area contributed by atoms with Crippen molar-refractivity contribution < 1.29 is 0 Å². The molecule has 0 aliphatic rings. The minimum Gasteiger partial charge on any atom is -0.336 e.